The number of benzene rings is 2. The number of hydrazone groups is 1. The molecule has 0 saturated heterocycles. The Kier molecular flexibility index (Phi) is 4.28. The van der Waals surface area contributed by atoms with Crippen molar-refractivity contribution in [3.63, 3.8) is 0 Å². The van der Waals surface area contributed by atoms with E-state index in [-0.39, 0.29) is 17.3 Å². The van der Waals surface area contributed by atoms with Gasteiger partial charge in [0, 0.05) is 11.1 Å². The number of nitrogen functional groups attached to an aromatic ring is 1. The SMILES string of the molecule is Nc1nonc1-n1nnc(C(=O)N/N=C2\CCc3ccccc32)c1-c1ccccc1. The Hall–Kier alpha value is -4.34. The van der Waals surface area contributed by atoms with Gasteiger partial charge in [-0.15, -0.1) is 5.10 Å². The Morgan fingerprint density at radius 2 is 1.87 bits per heavy atom. The average molecular weight is 400 g/mol. The van der Waals surface area contributed by atoms with E-state index in [9.17, 15) is 4.79 Å². The van der Waals surface area contributed by atoms with Crippen LogP contribution in [0.15, 0.2) is 64.3 Å². The fourth-order valence-corrected chi connectivity index (χ4v) is 3.47. The molecule has 0 atom stereocenters. The van der Waals surface area contributed by atoms with E-state index in [2.05, 4.69) is 41.8 Å². The number of nitrogens with two attached hydrogens (primary N) is 1. The summed E-state index contributed by atoms with van der Waals surface area (Å²) < 4.78 is 6.00. The van der Waals surface area contributed by atoms with E-state index in [0.29, 0.717) is 11.3 Å². The van der Waals surface area contributed by atoms with E-state index in [1.165, 1.54) is 10.2 Å². The lowest BCUT2D eigenvalue weighted by Crippen LogP contribution is -2.21. The highest BCUT2D eigenvalue weighted by Gasteiger charge is 2.25. The van der Waals surface area contributed by atoms with Crippen molar-refractivity contribution in [2.45, 2.75) is 12.8 Å². The molecule has 10 heteroatoms. The van der Waals surface area contributed by atoms with Crippen LogP contribution in [0.4, 0.5) is 5.82 Å². The fraction of sp³-hybridized carbons (Fsp3) is 0.100. The number of aromatic nitrogens is 5. The van der Waals surface area contributed by atoms with Crippen molar-refractivity contribution in [3.8, 4) is 17.1 Å². The highest BCUT2D eigenvalue weighted by atomic mass is 16.6. The summed E-state index contributed by atoms with van der Waals surface area (Å²) in [6.07, 6.45) is 1.66. The second kappa shape index (κ2) is 7.24. The first-order valence-corrected chi connectivity index (χ1v) is 9.27. The molecule has 5 rings (SSSR count). The zero-order valence-electron chi connectivity index (χ0n) is 15.7. The van der Waals surface area contributed by atoms with Crippen LogP contribution in [0.25, 0.3) is 17.1 Å². The number of aryl methyl sites for hydroxylation is 1. The first-order chi connectivity index (χ1) is 14.7. The summed E-state index contributed by atoms with van der Waals surface area (Å²) >= 11 is 0. The molecule has 30 heavy (non-hydrogen) atoms. The van der Waals surface area contributed by atoms with E-state index in [4.69, 9.17) is 5.73 Å². The summed E-state index contributed by atoms with van der Waals surface area (Å²) in [7, 11) is 0. The Labute approximate surface area is 170 Å². The maximum atomic E-state index is 13.0. The highest BCUT2D eigenvalue weighted by Crippen LogP contribution is 2.26. The number of amides is 1. The summed E-state index contributed by atoms with van der Waals surface area (Å²) in [6.45, 7) is 0. The molecule has 3 N–H and O–H groups in total. The zero-order valence-corrected chi connectivity index (χ0v) is 15.7. The monoisotopic (exact) mass is 400 g/mol. The first kappa shape index (κ1) is 17.7. The average Bonchev–Trinajstić information content (AvgIpc) is 3.50. The number of anilines is 1. The van der Waals surface area contributed by atoms with Gasteiger partial charge in [-0.1, -0.05) is 59.8 Å². The highest BCUT2D eigenvalue weighted by molar-refractivity contribution is 6.06. The second-order valence-corrected chi connectivity index (χ2v) is 6.69. The van der Waals surface area contributed by atoms with Crippen LogP contribution in [-0.4, -0.2) is 36.9 Å². The molecule has 2 aromatic carbocycles. The molecule has 0 bridgehead atoms. The number of hydrogen-bond acceptors (Lipinski definition) is 8. The molecular formula is C20H16N8O2. The van der Waals surface area contributed by atoms with Crippen LogP contribution in [0.2, 0.25) is 0 Å². The Morgan fingerprint density at radius 1 is 1.07 bits per heavy atom. The lowest BCUT2D eigenvalue weighted by atomic mass is 10.1. The molecule has 1 aliphatic rings. The van der Waals surface area contributed by atoms with Crippen molar-refractivity contribution < 1.29 is 9.42 Å². The molecule has 148 valence electrons. The van der Waals surface area contributed by atoms with E-state index in [0.717, 1.165) is 24.1 Å². The van der Waals surface area contributed by atoms with Crippen molar-refractivity contribution in [1.82, 2.24) is 30.7 Å². The minimum Gasteiger partial charge on any atom is -0.378 e. The van der Waals surface area contributed by atoms with Crippen molar-refractivity contribution in [2.75, 3.05) is 5.73 Å². The van der Waals surface area contributed by atoms with Crippen LogP contribution in [0.3, 0.4) is 0 Å². The van der Waals surface area contributed by atoms with Gasteiger partial charge in [-0.25, -0.2) is 10.1 Å². The standard InChI is InChI=1S/C20H16N8O2/c21-18-19(26-30-25-18)28-17(13-7-2-1-3-8-13)16(23-27-28)20(29)24-22-15-11-10-12-6-4-5-9-14(12)15/h1-9H,10-11H2,(H2,21,25)(H,24,29)/b22-15+. The molecule has 1 amide bonds. The normalized spacial score (nSPS) is 14.1. The largest absolute Gasteiger partial charge is 0.378 e. The van der Waals surface area contributed by atoms with Gasteiger partial charge in [0.05, 0.1) is 5.71 Å². The molecule has 0 aliphatic heterocycles. The molecule has 2 heterocycles. The van der Waals surface area contributed by atoms with Crippen LogP contribution in [0.1, 0.15) is 28.0 Å². The molecule has 2 aromatic heterocycles. The molecule has 0 unspecified atom stereocenters. The van der Waals surface area contributed by atoms with Crippen LogP contribution in [0.5, 0.6) is 0 Å². The molecule has 10 nitrogen and oxygen atoms in total. The first-order valence-electron chi connectivity index (χ1n) is 9.27. The van der Waals surface area contributed by atoms with Crippen LogP contribution in [0, 0.1) is 0 Å². The summed E-state index contributed by atoms with van der Waals surface area (Å²) in [5.41, 5.74) is 12.7. The molecule has 0 spiro atoms. The summed E-state index contributed by atoms with van der Waals surface area (Å²) in [5, 5.41) is 19.8. The van der Waals surface area contributed by atoms with Gasteiger partial charge in [0.1, 0.15) is 5.69 Å². The van der Waals surface area contributed by atoms with Crippen molar-refractivity contribution in [2.24, 2.45) is 5.10 Å². The minimum absolute atomic E-state index is 0.0341. The van der Waals surface area contributed by atoms with Crippen LogP contribution in [-0.2, 0) is 6.42 Å². The quantitative estimate of drug-likeness (QED) is 0.500. The van der Waals surface area contributed by atoms with E-state index >= 15 is 0 Å². The van der Waals surface area contributed by atoms with Gasteiger partial charge in [-0.3, -0.25) is 4.79 Å². The third-order valence-electron chi connectivity index (χ3n) is 4.88. The molecule has 0 fully saturated rings. The van der Waals surface area contributed by atoms with Gasteiger partial charge in [-0.2, -0.15) is 9.78 Å². The number of nitrogens with zero attached hydrogens (tertiary/aromatic N) is 6. The van der Waals surface area contributed by atoms with Gasteiger partial charge in [0.2, 0.25) is 11.6 Å². The predicted octanol–water partition coefficient (Wildman–Crippen LogP) is 1.98. The summed E-state index contributed by atoms with van der Waals surface area (Å²) in [6, 6.07) is 17.2. The Balaban J connectivity index is 1.52. The smallest absolute Gasteiger partial charge is 0.294 e. The van der Waals surface area contributed by atoms with E-state index in [1.54, 1.807) is 0 Å². The topological polar surface area (TPSA) is 137 Å². The van der Waals surface area contributed by atoms with Gasteiger partial charge in [-0.05, 0) is 28.7 Å². The summed E-state index contributed by atoms with van der Waals surface area (Å²) in [5.74, 6) is -0.310. The number of carbonyl (C=O) groups excluding carboxylic acids is 1. The number of hydrogen-bond donors (Lipinski definition) is 2. The maximum Gasteiger partial charge on any atom is 0.294 e. The third-order valence-corrected chi connectivity index (χ3v) is 4.88. The lowest BCUT2D eigenvalue weighted by molar-refractivity contribution is 0.0950. The van der Waals surface area contributed by atoms with Crippen molar-refractivity contribution >= 4 is 17.4 Å². The van der Waals surface area contributed by atoms with Crippen LogP contribution < -0.4 is 11.2 Å². The van der Waals surface area contributed by atoms with Gasteiger partial charge >= 0.3 is 0 Å². The number of nitrogens with one attached hydrogen (secondary N) is 1. The molecule has 0 saturated carbocycles. The van der Waals surface area contributed by atoms with Crippen LogP contribution >= 0.6 is 0 Å². The minimum atomic E-state index is -0.494. The van der Waals surface area contributed by atoms with Gasteiger partial charge in [0.25, 0.3) is 5.91 Å². The number of rotatable bonds is 4. The Morgan fingerprint density at radius 3 is 2.67 bits per heavy atom. The fourth-order valence-electron chi connectivity index (χ4n) is 3.47. The van der Waals surface area contributed by atoms with Gasteiger partial charge in [0.15, 0.2) is 5.69 Å². The summed E-state index contributed by atoms with van der Waals surface area (Å²) in [4.78, 5) is 13.0. The third kappa shape index (κ3) is 3.00. The number of carbonyl (C=O) groups is 1. The Bertz CT molecular complexity index is 1260. The van der Waals surface area contributed by atoms with E-state index in [1.807, 2.05) is 48.5 Å². The molecule has 1 aliphatic carbocycles. The zero-order chi connectivity index (χ0) is 20.5. The molecular weight excluding hydrogens is 384 g/mol. The number of fused-ring (bicyclic) bond motifs is 1. The van der Waals surface area contributed by atoms with Gasteiger partial charge < -0.3 is 5.73 Å². The molecule has 0 radical (unpaired) electrons. The van der Waals surface area contributed by atoms with Crippen molar-refractivity contribution in [1.29, 1.82) is 0 Å². The molecule has 4 aromatic rings. The second-order valence-electron chi connectivity index (χ2n) is 6.69. The van der Waals surface area contributed by atoms with E-state index < -0.39 is 5.91 Å². The predicted molar refractivity (Wildman–Crippen MR) is 108 cm³/mol. The van der Waals surface area contributed by atoms with Crippen molar-refractivity contribution in [3.05, 3.63) is 71.4 Å². The lowest BCUT2D eigenvalue weighted by Gasteiger charge is -2.06. The maximum absolute atomic E-state index is 13.0.